The second kappa shape index (κ2) is 1.49. The van der Waals surface area contributed by atoms with Gasteiger partial charge in [-0.1, -0.05) is 0 Å². The van der Waals surface area contributed by atoms with Gasteiger partial charge in [-0.3, -0.25) is 0 Å². The highest BCUT2D eigenvalue weighted by Crippen LogP contribution is 2.25. The van der Waals surface area contributed by atoms with E-state index in [1.807, 2.05) is 0 Å². The molecular formula is C4H5OS. The molecule has 6 heavy (non-hydrogen) atoms. The van der Waals surface area contributed by atoms with Crippen molar-refractivity contribution in [3.05, 3.63) is 23.0 Å². The molecular weight excluding hydrogens is 96.1 g/mol. The van der Waals surface area contributed by atoms with Gasteiger partial charge in [0.1, 0.15) is 0 Å². The second-order valence-electron chi connectivity index (χ2n) is 0.992. The van der Waals surface area contributed by atoms with Crippen molar-refractivity contribution in [3.8, 4) is 0 Å². The molecule has 0 amide bonds. The van der Waals surface area contributed by atoms with Crippen LogP contribution >= 0.6 is 11.2 Å². The summed E-state index contributed by atoms with van der Waals surface area (Å²) in [5.74, 6) is 0. The first-order chi connectivity index (χ1) is 2.89. The lowest BCUT2D eigenvalue weighted by Crippen LogP contribution is -1.52. The predicted molar refractivity (Wildman–Crippen MR) is 28.6 cm³/mol. The van der Waals surface area contributed by atoms with Crippen molar-refractivity contribution in [1.29, 1.82) is 0 Å². The van der Waals surface area contributed by atoms with Gasteiger partial charge in [0.15, 0.2) is 0 Å². The fourth-order valence-corrected chi connectivity index (χ4v) is 0.845. The average molecular weight is 101 g/mol. The number of allylic oxidation sites excluding steroid dienone is 2. The molecule has 0 aliphatic carbocycles. The summed E-state index contributed by atoms with van der Waals surface area (Å²) >= 11 is -0.882. The smallest absolute Gasteiger partial charge is 0.0104 e. The molecule has 0 aromatic rings. The van der Waals surface area contributed by atoms with E-state index in [0.717, 1.165) is 0 Å². The van der Waals surface area contributed by atoms with Crippen LogP contribution in [-0.4, -0.2) is 4.55 Å². The third-order valence-corrected chi connectivity index (χ3v) is 1.40. The van der Waals surface area contributed by atoms with E-state index in [-0.39, 0.29) is 0 Å². The first-order valence-corrected chi connectivity index (χ1v) is 3.06. The molecule has 0 saturated heterocycles. The molecule has 0 aromatic carbocycles. The lowest BCUT2D eigenvalue weighted by molar-refractivity contribution is 0.663. The Hall–Kier alpha value is -0.210. The van der Waals surface area contributed by atoms with Crippen LogP contribution < -0.4 is 0 Å². The van der Waals surface area contributed by atoms with Crippen molar-refractivity contribution < 1.29 is 4.55 Å². The van der Waals surface area contributed by atoms with Crippen LogP contribution in [0.5, 0.6) is 0 Å². The Morgan fingerprint density at radius 2 is 2.50 bits per heavy atom. The molecule has 1 aliphatic heterocycles. The molecule has 1 radical (unpaired) electrons. The largest absolute Gasteiger partial charge is 0.347 e. The monoisotopic (exact) mass is 101 g/mol. The van der Waals surface area contributed by atoms with Gasteiger partial charge in [0, 0.05) is 0 Å². The predicted octanol–water partition coefficient (Wildman–Crippen LogP) is 1.30. The van der Waals surface area contributed by atoms with Crippen LogP contribution in [0.15, 0.2) is 16.9 Å². The van der Waals surface area contributed by atoms with E-state index in [1.165, 1.54) is 0 Å². The van der Waals surface area contributed by atoms with Crippen molar-refractivity contribution in [3.63, 3.8) is 0 Å². The standard InChI is InChI=1S/C4H5OS/c5-6-3-1-2-4-6/h1,3-6H. The highest BCUT2D eigenvalue weighted by molar-refractivity contribution is 8.17. The van der Waals surface area contributed by atoms with Crippen LogP contribution in [0.25, 0.3) is 0 Å². The molecule has 1 unspecified atom stereocenters. The van der Waals surface area contributed by atoms with Crippen LogP contribution in [0, 0.1) is 6.08 Å². The first kappa shape index (κ1) is 3.96. The Bertz CT molecular complexity index is 83.7. The average Bonchev–Trinajstić information content (AvgIpc) is 1.86. The van der Waals surface area contributed by atoms with Gasteiger partial charge < -0.3 is 4.55 Å². The van der Waals surface area contributed by atoms with Crippen molar-refractivity contribution in [2.75, 3.05) is 0 Å². The Labute approximate surface area is 39.5 Å². The van der Waals surface area contributed by atoms with Crippen LogP contribution in [0.2, 0.25) is 0 Å². The Morgan fingerprint density at radius 1 is 1.67 bits per heavy atom. The lowest BCUT2D eigenvalue weighted by Gasteiger charge is -1.91. The maximum atomic E-state index is 8.59. The molecule has 2 heteroatoms. The molecule has 0 spiro atoms. The van der Waals surface area contributed by atoms with E-state index in [0.29, 0.717) is 0 Å². The fraction of sp³-hybridized carbons (Fsp3) is 0. The van der Waals surface area contributed by atoms with E-state index < -0.39 is 11.2 Å². The van der Waals surface area contributed by atoms with Gasteiger partial charge in [-0.25, -0.2) is 0 Å². The Balaban J connectivity index is 2.60. The molecule has 0 saturated carbocycles. The summed E-state index contributed by atoms with van der Waals surface area (Å²) in [7, 11) is 0. The number of hydrogen-bond acceptors (Lipinski definition) is 1. The molecule has 1 nitrogen and oxygen atoms in total. The van der Waals surface area contributed by atoms with Gasteiger partial charge in [-0.15, -0.1) is 11.2 Å². The number of rotatable bonds is 0. The minimum Gasteiger partial charge on any atom is -0.347 e. The molecule has 0 bridgehead atoms. The summed E-state index contributed by atoms with van der Waals surface area (Å²) in [4.78, 5) is 0. The highest BCUT2D eigenvalue weighted by Gasteiger charge is 1.86. The molecule has 33 valence electrons. The Morgan fingerprint density at radius 3 is 2.67 bits per heavy atom. The minimum atomic E-state index is -0.882. The zero-order chi connectivity index (χ0) is 4.41. The molecule has 1 aliphatic rings. The molecule has 1 N–H and O–H groups in total. The van der Waals surface area contributed by atoms with Crippen LogP contribution in [0.1, 0.15) is 0 Å². The highest BCUT2D eigenvalue weighted by atomic mass is 32.2. The Kier molecular flexibility index (Phi) is 0.986. The minimum absolute atomic E-state index is 0.882. The fourth-order valence-electron chi connectivity index (χ4n) is 0.282. The van der Waals surface area contributed by atoms with Crippen LogP contribution in [0.3, 0.4) is 0 Å². The van der Waals surface area contributed by atoms with Gasteiger partial charge in [-0.2, -0.15) is 0 Å². The molecule has 1 atom stereocenters. The van der Waals surface area contributed by atoms with Crippen molar-refractivity contribution in [2.24, 2.45) is 0 Å². The zero-order valence-electron chi connectivity index (χ0n) is 3.13. The van der Waals surface area contributed by atoms with Gasteiger partial charge in [0.25, 0.3) is 0 Å². The molecule has 0 fully saturated rings. The summed E-state index contributed by atoms with van der Waals surface area (Å²) in [6.07, 6.45) is 4.47. The van der Waals surface area contributed by atoms with Gasteiger partial charge in [0.05, 0.1) is 0 Å². The molecule has 1 heterocycles. The third-order valence-electron chi connectivity index (χ3n) is 0.530. The van der Waals surface area contributed by atoms with E-state index in [1.54, 1.807) is 16.9 Å². The normalized spacial score (nSPS) is 23.2. The van der Waals surface area contributed by atoms with Crippen molar-refractivity contribution in [1.82, 2.24) is 0 Å². The van der Waals surface area contributed by atoms with Crippen LogP contribution in [-0.2, 0) is 0 Å². The summed E-state index contributed by atoms with van der Waals surface area (Å²) in [6.45, 7) is 0. The summed E-state index contributed by atoms with van der Waals surface area (Å²) in [6, 6.07) is 0. The summed E-state index contributed by atoms with van der Waals surface area (Å²) in [5.41, 5.74) is 0. The van der Waals surface area contributed by atoms with Crippen molar-refractivity contribution >= 4 is 11.2 Å². The third kappa shape index (κ3) is 0.640. The second-order valence-corrected chi connectivity index (χ2v) is 2.31. The maximum Gasteiger partial charge on any atom is -0.0104 e. The van der Waals surface area contributed by atoms with Crippen LogP contribution in [0.4, 0.5) is 0 Å². The summed E-state index contributed by atoms with van der Waals surface area (Å²) < 4.78 is 8.59. The van der Waals surface area contributed by atoms with E-state index in [9.17, 15) is 0 Å². The van der Waals surface area contributed by atoms with Gasteiger partial charge in [0.2, 0.25) is 0 Å². The summed E-state index contributed by atoms with van der Waals surface area (Å²) in [5, 5.41) is 3.39. The SMILES string of the molecule is O[SH]1C=[C]C=C1. The quantitative estimate of drug-likeness (QED) is 0.441. The number of thiol groups is 1. The lowest BCUT2D eigenvalue weighted by atomic mass is 10.6. The number of hydrogen-bond donors (Lipinski definition) is 2. The van der Waals surface area contributed by atoms with Crippen molar-refractivity contribution in [2.45, 2.75) is 0 Å². The van der Waals surface area contributed by atoms with E-state index >= 15 is 0 Å². The maximum absolute atomic E-state index is 8.59. The van der Waals surface area contributed by atoms with E-state index in [2.05, 4.69) is 6.08 Å². The van der Waals surface area contributed by atoms with E-state index in [4.69, 9.17) is 4.55 Å². The molecule has 0 aromatic heterocycles. The molecule has 1 rings (SSSR count). The first-order valence-electron chi connectivity index (χ1n) is 1.63. The van der Waals surface area contributed by atoms with Gasteiger partial charge in [-0.05, 0) is 23.0 Å². The van der Waals surface area contributed by atoms with Gasteiger partial charge >= 0.3 is 0 Å². The topological polar surface area (TPSA) is 20.2 Å². The zero-order valence-corrected chi connectivity index (χ0v) is 4.02.